The highest BCUT2D eigenvalue weighted by atomic mass is 16.4. The Morgan fingerprint density at radius 2 is 1.94 bits per heavy atom. The molecule has 0 aromatic rings. The fourth-order valence-corrected chi connectivity index (χ4v) is 2.27. The van der Waals surface area contributed by atoms with Crippen LogP contribution in [0, 0.1) is 5.92 Å². The van der Waals surface area contributed by atoms with Crippen molar-refractivity contribution in [3.63, 3.8) is 0 Å². The van der Waals surface area contributed by atoms with Crippen LogP contribution in [0.2, 0.25) is 0 Å². The Morgan fingerprint density at radius 1 is 1.29 bits per heavy atom. The van der Waals surface area contributed by atoms with E-state index in [0.717, 1.165) is 12.3 Å². The van der Waals surface area contributed by atoms with E-state index >= 15 is 0 Å². The lowest BCUT2D eigenvalue weighted by Gasteiger charge is -2.22. The van der Waals surface area contributed by atoms with Crippen LogP contribution in [-0.2, 0) is 4.79 Å². The summed E-state index contributed by atoms with van der Waals surface area (Å²) < 4.78 is 0. The van der Waals surface area contributed by atoms with Crippen LogP contribution in [0.25, 0.3) is 0 Å². The molecule has 0 aliphatic heterocycles. The second-order valence-electron chi connectivity index (χ2n) is 4.77. The number of nitrogens with zero attached hydrogens (tertiary/aromatic N) is 1. The summed E-state index contributed by atoms with van der Waals surface area (Å²) in [7, 11) is 1.49. The molecule has 0 atom stereocenters. The largest absolute Gasteiger partial charge is 0.480 e. The zero-order valence-electron chi connectivity index (χ0n) is 10.4. The van der Waals surface area contributed by atoms with Crippen LogP contribution in [0.15, 0.2) is 0 Å². The van der Waals surface area contributed by atoms with Gasteiger partial charge < -0.3 is 15.3 Å². The van der Waals surface area contributed by atoms with E-state index in [4.69, 9.17) is 5.11 Å². The molecule has 17 heavy (non-hydrogen) atoms. The van der Waals surface area contributed by atoms with Crippen molar-refractivity contribution in [1.82, 2.24) is 10.2 Å². The summed E-state index contributed by atoms with van der Waals surface area (Å²) in [5.74, 6) is -0.260. The number of urea groups is 1. The number of nitrogens with one attached hydrogen (secondary N) is 1. The van der Waals surface area contributed by atoms with Crippen molar-refractivity contribution in [2.75, 3.05) is 20.1 Å². The summed E-state index contributed by atoms with van der Waals surface area (Å²) in [4.78, 5) is 23.1. The van der Waals surface area contributed by atoms with Crippen molar-refractivity contribution in [3.05, 3.63) is 0 Å². The third kappa shape index (κ3) is 5.56. The van der Waals surface area contributed by atoms with Crippen molar-refractivity contribution in [2.24, 2.45) is 5.92 Å². The molecule has 1 saturated carbocycles. The molecule has 1 aliphatic carbocycles. The predicted octanol–water partition coefficient (Wildman–Crippen LogP) is 1.68. The van der Waals surface area contributed by atoms with Crippen molar-refractivity contribution in [2.45, 2.75) is 38.5 Å². The minimum Gasteiger partial charge on any atom is -0.480 e. The van der Waals surface area contributed by atoms with Crippen molar-refractivity contribution in [3.8, 4) is 0 Å². The van der Waals surface area contributed by atoms with Crippen LogP contribution in [-0.4, -0.2) is 42.1 Å². The van der Waals surface area contributed by atoms with E-state index in [0.29, 0.717) is 6.54 Å². The highest BCUT2D eigenvalue weighted by Gasteiger charge is 2.15. The summed E-state index contributed by atoms with van der Waals surface area (Å²) >= 11 is 0. The first kappa shape index (κ1) is 13.8. The third-order valence-electron chi connectivity index (χ3n) is 3.27. The first-order valence-electron chi connectivity index (χ1n) is 6.30. The van der Waals surface area contributed by atoms with Gasteiger partial charge in [0.2, 0.25) is 0 Å². The number of carbonyl (C=O) groups is 2. The van der Waals surface area contributed by atoms with Crippen LogP contribution in [0.4, 0.5) is 4.79 Å². The van der Waals surface area contributed by atoms with Gasteiger partial charge in [-0.1, -0.05) is 32.1 Å². The zero-order chi connectivity index (χ0) is 12.7. The lowest BCUT2D eigenvalue weighted by molar-refractivity contribution is -0.137. The number of amides is 2. The van der Waals surface area contributed by atoms with Gasteiger partial charge in [-0.05, 0) is 12.3 Å². The van der Waals surface area contributed by atoms with Crippen LogP contribution in [0.1, 0.15) is 38.5 Å². The predicted molar refractivity (Wildman–Crippen MR) is 64.9 cm³/mol. The molecule has 0 saturated heterocycles. The lowest BCUT2D eigenvalue weighted by Crippen LogP contribution is -2.40. The highest BCUT2D eigenvalue weighted by Crippen LogP contribution is 2.25. The monoisotopic (exact) mass is 242 g/mol. The Balaban J connectivity index is 2.12. The maximum Gasteiger partial charge on any atom is 0.323 e. The Morgan fingerprint density at radius 3 is 2.53 bits per heavy atom. The molecule has 2 N–H and O–H groups in total. The van der Waals surface area contributed by atoms with Gasteiger partial charge in [0, 0.05) is 13.6 Å². The molecule has 0 bridgehead atoms. The molecule has 2 amide bonds. The third-order valence-corrected chi connectivity index (χ3v) is 3.27. The van der Waals surface area contributed by atoms with Gasteiger partial charge in [-0.2, -0.15) is 0 Å². The standard InChI is InChI=1S/C12H22N2O3/c1-14(9-11(15)16)12(17)13-8-7-10-5-3-2-4-6-10/h10H,2-9H2,1H3,(H,13,17)(H,15,16). The summed E-state index contributed by atoms with van der Waals surface area (Å²) in [6.07, 6.45) is 7.48. The molecule has 5 nitrogen and oxygen atoms in total. The number of carbonyl (C=O) groups excluding carboxylic acids is 1. The summed E-state index contributed by atoms with van der Waals surface area (Å²) in [5.41, 5.74) is 0. The van der Waals surface area contributed by atoms with Gasteiger partial charge in [0.05, 0.1) is 0 Å². The molecule has 0 heterocycles. The summed E-state index contributed by atoms with van der Waals surface area (Å²) in [6.45, 7) is 0.392. The number of rotatable bonds is 5. The molecular weight excluding hydrogens is 220 g/mol. The molecule has 0 unspecified atom stereocenters. The maximum atomic E-state index is 11.5. The molecule has 1 aliphatic rings. The Kier molecular flexibility index (Phi) is 5.80. The number of likely N-dealkylation sites (N-methyl/N-ethyl adjacent to an activating group) is 1. The van der Waals surface area contributed by atoms with Gasteiger partial charge in [0.15, 0.2) is 0 Å². The normalized spacial score (nSPS) is 16.5. The van der Waals surface area contributed by atoms with Crippen molar-refractivity contribution < 1.29 is 14.7 Å². The number of aliphatic carboxylic acids is 1. The number of hydrogen-bond acceptors (Lipinski definition) is 2. The van der Waals surface area contributed by atoms with E-state index in [1.54, 1.807) is 0 Å². The fraction of sp³-hybridized carbons (Fsp3) is 0.833. The Bertz CT molecular complexity index is 262. The topological polar surface area (TPSA) is 69.6 Å². The second kappa shape index (κ2) is 7.14. The van der Waals surface area contributed by atoms with Gasteiger partial charge in [0.1, 0.15) is 6.54 Å². The number of carboxylic acid groups (broad SMARTS) is 1. The quantitative estimate of drug-likeness (QED) is 0.770. The van der Waals surface area contributed by atoms with Gasteiger partial charge in [-0.3, -0.25) is 4.79 Å². The average Bonchev–Trinajstić information content (AvgIpc) is 2.29. The molecule has 1 fully saturated rings. The number of hydrogen-bond donors (Lipinski definition) is 2. The molecule has 0 spiro atoms. The SMILES string of the molecule is CN(CC(=O)O)C(=O)NCCC1CCCCC1. The van der Waals surface area contributed by atoms with E-state index in [1.807, 2.05) is 0 Å². The average molecular weight is 242 g/mol. The summed E-state index contributed by atoms with van der Waals surface area (Å²) in [6, 6.07) is -0.303. The lowest BCUT2D eigenvalue weighted by atomic mass is 9.87. The van der Waals surface area contributed by atoms with Crippen molar-refractivity contribution >= 4 is 12.0 Å². The van der Waals surface area contributed by atoms with Gasteiger partial charge >= 0.3 is 12.0 Å². The van der Waals surface area contributed by atoms with Crippen LogP contribution in [0.3, 0.4) is 0 Å². The maximum absolute atomic E-state index is 11.5. The Labute approximate surface area is 102 Å². The Hall–Kier alpha value is -1.26. The minimum atomic E-state index is -0.991. The highest BCUT2D eigenvalue weighted by molar-refractivity contribution is 5.79. The van der Waals surface area contributed by atoms with E-state index < -0.39 is 5.97 Å². The van der Waals surface area contributed by atoms with Crippen LogP contribution in [0.5, 0.6) is 0 Å². The minimum absolute atomic E-state index is 0.255. The van der Waals surface area contributed by atoms with E-state index in [2.05, 4.69) is 5.32 Å². The number of carboxylic acids is 1. The first-order valence-corrected chi connectivity index (χ1v) is 6.30. The van der Waals surface area contributed by atoms with Gasteiger partial charge in [0.25, 0.3) is 0 Å². The van der Waals surface area contributed by atoms with E-state index in [1.165, 1.54) is 44.1 Å². The van der Waals surface area contributed by atoms with Crippen LogP contribution >= 0.6 is 0 Å². The second-order valence-corrected chi connectivity index (χ2v) is 4.77. The first-order chi connectivity index (χ1) is 8.09. The zero-order valence-corrected chi connectivity index (χ0v) is 10.4. The molecule has 1 rings (SSSR count). The molecular formula is C12H22N2O3. The molecule has 98 valence electrons. The molecule has 5 heteroatoms. The van der Waals surface area contributed by atoms with Crippen molar-refractivity contribution in [1.29, 1.82) is 0 Å². The van der Waals surface area contributed by atoms with Crippen LogP contribution < -0.4 is 5.32 Å². The van der Waals surface area contributed by atoms with Gasteiger partial charge in [-0.15, -0.1) is 0 Å². The fourth-order valence-electron chi connectivity index (χ4n) is 2.27. The van der Waals surface area contributed by atoms with E-state index in [9.17, 15) is 9.59 Å². The van der Waals surface area contributed by atoms with E-state index in [-0.39, 0.29) is 12.6 Å². The summed E-state index contributed by atoms with van der Waals surface area (Å²) in [5, 5.41) is 11.3. The van der Waals surface area contributed by atoms with Gasteiger partial charge in [-0.25, -0.2) is 4.79 Å². The molecule has 0 radical (unpaired) electrons. The molecule has 0 aromatic carbocycles. The molecule has 0 aromatic heterocycles. The smallest absolute Gasteiger partial charge is 0.323 e.